The number of anilines is 1. The number of urea groups is 1. The molecule has 4 aromatic rings. The number of imidazole rings is 1. The van der Waals surface area contributed by atoms with Gasteiger partial charge in [0.1, 0.15) is 11.6 Å². The van der Waals surface area contributed by atoms with Gasteiger partial charge in [0.05, 0.1) is 17.9 Å². The fourth-order valence-electron chi connectivity index (χ4n) is 3.13. The SMILES string of the molecule is CC[C@H](NC(=O)Nc1cccc(Oc2ccccn2)c1)c1ncc(-c2ccccc2)[nH]1. The van der Waals surface area contributed by atoms with Crippen LogP contribution in [-0.2, 0) is 0 Å². The summed E-state index contributed by atoms with van der Waals surface area (Å²) in [5.74, 6) is 1.79. The number of aromatic nitrogens is 3. The number of nitrogens with zero attached hydrogens (tertiary/aromatic N) is 2. The van der Waals surface area contributed by atoms with Crippen molar-refractivity contribution in [1.29, 1.82) is 0 Å². The van der Waals surface area contributed by atoms with Crippen LogP contribution in [0.25, 0.3) is 11.3 Å². The van der Waals surface area contributed by atoms with E-state index >= 15 is 0 Å². The summed E-state index contributed by atoms with van der Waals surface area (Å²) in [5.41, 5.74) is 2.58. The summed E-state index contributed by atoms with van der Waals surface area (Å²) in [6.07, 6.45) is 4.14. The van der Waals surface area contributed by atoms with E-state index in [1.165, 1.54) is 0 Å². The molecule has 2 amide bonds. The summed E-state index contributed by atoms with van der Waals surface area (Å²) in [5, 5.41) is 5.82. The second-order valence-corrected chi connectivity index (χ2v) is 6.91. The van der Waals surface area contributed by atoms with Crippen molar-refractivity contribution in [2.45, 2.75) is 19.4 Å². The largest absolute Gasteiger partial charge is 0.439 e. The number of benzene rings is 2. The molecule has 0 unspecified atom stereocenters. The standard InChI is InChI=1S/C24H23N5O2/c1-2-20(23-26-16-21(28-23)17-9-4-3-5-10-17)29-24(30)27-18-11-8-12-19(15-18)31-22-13-6-7-14-25-22/h3-16,20H,2H2,1H3,(H,26,28)(H2,27,29,30)/t20-/m0/s1. The Balaban J connectivity index is 1.40. The van der Waals surface area contributed by atoms with Crippen LogP contribution in [0, 0.1) is 0 Å². The molecule has 7 nitrogen and oxygen atoms in total. The van der Waals surface area contributed by atoms with Gasteiger partial charge in [0.15, 0.2) is 0 Å². The van der Waals surface area contributed by atoms with E-state index in [1.54, 1.807) is 36.7 Å². The number of amides is 2. The molecular weight excluding hydrogens is 390 g/mol. The maximum atomic E-state index is 12.6. The van der Waals surface area contributed by atoms with Crippen molar-refractivity contribution in [3.05, 3.63) is 91.0 Å². The molecule has 31 heavy (non-hydrogen) atoms. The predicted octanol–water partition coefficient (Wildman–Crippen LogP) is 5.54. The van der Waals surface area contributed by atoms with E-state index in [2.05, 4.69) is 25.6 Å². The molecule has 0 fully saturated rings. The zero-order chi connectivity index (χ0) is 21.5. The number of nitrogens with one attached hydrogen (secondary N) is 3. The number of carbonyl (C=O) groups is 1. The van der Waals surface area contributed by atoms with Crippen LogP contribution in [0.5, 0.6) is 11.6 Å². The first-order valence-electron chi connectivity index (χ1n) is 10.1. The van der Waals surface area contributed by atoms with Gasteiger partial charge in [0, 0.05) is 24.0 Å². The first kappa shape index (κ1) is 20.2. The predicted molar refractivity (Wildman–Crippen MR) is 120 cm³/mol. The van der Waals surface area contributed by atoms with Gasteiger partial charge in [0.2, 0.25) is 5.88 Å². The van der Waals surface area contributed by atoms with Crippen LogP contribution in [0.1, 0.15) is 25.2 Å². The number of ether oxygens (including phenoxy) is 1. The zero-order valence-corrected chi connectivity index (χ0v) is 17.1. The highest BCUT2D eigenvalue weighted by Crippen LogP contribution is 2.23. The highest BCUT2D eigenvalue weighted by atomic mass is 16.5. The Bertz CT molecular complexity index is 1130. The Morgan fingerprint density at radius 2 is 1.87 bits per heavy atom. The summed E-state index contributed by atoms with van der Waals surface area (Å²) >= 11 is 0. The average Bonchev–Trinajstić information content (AvgIpc) is 3.29. The number of aromatic amines is 1. The molecule has 3 N–H and O–H groups in total. The zero-order valence-electron chi connectivity index (χ0n) is 17.1. The quantitative estimate of drug-likeness (QED) is 0.371. The second-order valence-electron chi connectivity index (χ2n) is 6.91. The molecule has 1 atom stereocenters. The molecule has 7 heteroatoms. The summed E-state index contributed by atoms with van der Waals surface area (Å²) in [6.45, 7) is 2.00. The fourth-order valence-corrected chi connectivity index (χ4v) is 3.13. The number of rotatable bonds is 7. The highest BCUT2D eigenvalue weighted by molar-refractivity contribution is 5.89. The molecule has 0 spiro atoms. The first-order valence-corrected chi connectivity index (χ1v) is 10.1. The lowest BCUT2D eigenvalue weighted by Crippen LogP contribution is -2.32. The lowest BCUT2D eigenvalue weighted by Gasteiger charge is -2.16. The van der Waals surface area contributed by atoms with Gasteiger partial charge in [-0.1, -0.05) is 49.4 Å². The monoisotopic (exact) mass is 413 g/mol. The van der Waals surface area contributed by atoms with Crippen LogP contribution in [0.3, 0.4) is 0 Å². The lowest BCUT2D eigenvalue weighted by molar-refractivity contribution is 0.247. The molecule has 0 radical (unpaired) electrons. The van der Waals surface area contributed by atoms with Crippen LogP contribution in [-0.4, -0.2) is 21.0 Å². The minimum absolute atomic E-state index is 0.245. The van der Waals surface area contributed by atoms with Crippen LogP contribution in [0.4, 0.5) is 10.5 Å². The van der Waals surface area contributed by atoms with Gasteiger partial charge < -0.3 is 20.4 Å². The molecule has 0 saturated heterocycles. The summed E-state index contributed by atoms with van der Waals surface area (Å²) in [4.78, 5) is 24.5. The number of hydrogen-bond donors (Lipinski definition) is 3. The van der Waals surface area contributed by atoms with E-state index in [-0.39, 0.29) is 12.1 Å². The molecule has 0 saturated carbocycles. The van der Waals surface area contributed by atoms with Crippen molar-refractivity contribution in [2.24, 2.45) is 0 Å². The van der Waals surface area contributed by atoms with Gasteiger partial charge in [-0.2, -0.15) is 0 Å². The van der Waals surface area contributed by atoms with Gasteiger partial charge in [-0.15, -0.1) is 0 Å². The average molecular weight is 413 g/mol. The van der Waals surface area contributed by atoms with Crippen LogP contribution in [0.15, 0.2) is 85.2 Å². The van der Waals surface area contributed by atoms with Gasteiger partial charge in [-0.25, -0.2) is 14.8 Å². The summed E-state index contributed by atoms with van der Waals surface area (Å²) in [7, 11) is 0. The summed E-state index contributed by atoms with van der Waals surface area (Å²) in [6, 6.07) is 22.0. The van der Waals surface area contributed by atoms with E-state index < -0.39 is 0 Å². The Hall–Kier alpha value is -4.13. The van der Waals surface area contributed by atoms with Crippen molar-refractivity contribution in [1.82, 2.24) is 20.3 Å². The number of H-pyrrole nitrogens is 1. The number of hydrogen-bond acceptors (Lipinski definition) is 4. The fraction of sp³-hybridized carbons (Fsp3) is 0.125. The molecule has 4 rings (SSSR count). The minimum atomic E-state index is -0.320. The van der Waals surface area contributed by atoms with Crippen molar-refractivity contribution in [2.75, 3.05) is 5.32 Å². The van der Waals surface area contributed by atoms with Crippen molar-refractivity contribution in [3.63, 3.8) is 0 Å². The Labute approximate surface area is 180 Å². The second kappa shape index (κ2) is 9.58. The first-order chi connectivity index (χ1) is 15.2. The lowest BCUT2D eigenvalue weighted by atomic mass is 10.2. The number of pyridine rings is 1. The van der Waals surface area contributed by atoms with Gasteiger partial charge >= 0.3 is 6.03 Å². The molecule has 0 bridgehead atoms. The normalized spacial score (nSPS) is 11.5. The van der Waals surface area contributed by atoms with Gasteiger partial charge in [-0.3, -0.25) is 0 Å². The molecule has 2 aromatic heterocycles. The van der Waals surface area contributed by atoms with Gasteiger partial charge in [0.25, 0.3) is 0 Å². The third-order valence-corrected chi connectivity index (χ3v) is 4.68. The summed E-state index contributed by atoms with van der Waals surface area (Å²) < 4.78 is 5.72. The molecular formula is C24H23N5O2. The third-order valence-electron chi connectivity index (χ3n) is 4.68. The van der Waals surface area contributed by atoms with E-state index in [0.29, 0.717) is 29.6 Å². The molecule has 2 aromatic carbocycles. The molecule has 156 valence electrons. The van der Waals surface area contributed by atoms with Crippen molar-refractivity contribution < 1.29 is 9.53 Å². The third kappa shape index (κ3) is 5.27. The molecule has 2 heterocycles. The van der Waals surface area contributed by atoms with Crippen LogP contribution >= 0.6 is 0 Å². The smallest absolute Gasteiger partial charge is 0.319 e. The maximum absolute atomic E-state index is 12.6. The van der Waals surface area contributed by atoms with Crippen LogP contribution in [0.2, 0.25) is 0 Å². The molecule has 0 aliphatic carbocycles. The minimum Gasteiger partial charge on any atom is -0.439 e. The van der Waals surface area contributed by atoms with E-state index in [0.717, 1.165) is 11.3 Å². The maximum Gasteiger partial charge on any atom is 0.319 e. The van der Waals surface area contributed by atoms with Crippen molar-refractivity contribution >= 4 is 11.7 Å². The number of carbonyl (C=O) groups excluding carboxylic acids is 1. The Morgan fingerprint density at radius 1 is 1.03 bits per heavy atom. The highest BCUT2D eigenvalue weighted by Gasteiger charge is 2.16. The Morgan fingerprint density at radius 3 is 2.65 bits per heavy atom. The molecule has 0 aliphatic rings. The van der Waals surface area contributed by atoms with E-state index in [1.807, 2.05) is 55.5 Å². The van der Waals surface area contributed by atoms with E-state index in [9.17, 15) is 4.79 Å². The molecule has 0 aliphatic heterocycles. The van der Waals surface area contributed by atoms with Crippen molar-refractivity contribution in [3.8, 4) is 22.9 Å². The topological polar surface area (TPSA) is 91.9 Å². The van der Waals surface area contributed by atoms with E-state index in [4.69, 9.17) is 4.74 Å². The van der Waals surface area contributed by atoms with Gasteiger partial charge in [-0.05, 0) is 30.2 Å². The van der Waals surface area contributed by atoms with Crippen LogP contribution < -0.4 is 15.4 Å². The Kier molecular flexibility index (Phi) is 6.23.